The quantitative estimate of drug-likeness (QED) is 0.161. The first-order valence-electron chi connectivity index (χ1n) is 19.7. The highest BCUT2D eigenvalue weighted by Crippen LogP contribution is 2.48. The summed E-state index contributed by atoms with van der Waals surface area (Å²) in [5, 5.41) is 6.67. The van der Waals surface area contributed by atoms with Gasteiger partial charge in [0.05, 0.1) is 16.1 Å². The monoisotopic (exact) mass is 775 g/mol. The van der Waals surface area contributed by atoms with Gasteiger partial charge in [-0.2, -0.15) is 0 Å². The van der Waals surface area contributed by atoms with Gasteiger partial charge in [-0.15, -0.1) is 11.3 Å². The topological polar surface area (TPSA) is 45.7 Å². The molecule has 3 aromatic heterocycles. The number of rotatable bonds is 7. The summed E-state index contributed by atoms with van der Waals surface area (Å²) in [6, 6.07) is 70.2. The largest absolute Gasteiger partial charge is 0.456 e. The van der Waals surface area contributed by atoms with Crippen LogP contribution in [0, 0.1) is 0 Å². The Morgan fingerprint density at radius 3 is 1.83 bits per heavy atom. The molecule has 0 amide bonds. The van der Waals surface area contributed by atoms with Crippen molar-refractivity contribution < 1.29 is 8.83 Å². The number of furan rings is 1. The van der Waals surface area contributed by atoms with E-state index in [1.54, 1.807) is 0 Å². The zero-order chi connectivity index (χ0) is 38.9. The Bertz CT molecular complexity index is 3520. The Morgan fingerprint density at radius 2 is 1.03 bits per heavy atom. The van der Waals surface area contributed by atoms with Crippen molar-refractivity contribution in [2.75, 3.05) is 9.80 Å². The second-order valence-electron chi connectivity index (χ2n) is 14.7. The third-order valence-corrected chi connectivity index (χ3v) is 12.4. The lowest BCUT2D eigenvalue weighted by Crippen LogP contribution is -2.11. The molecule has 0 bridgehead atoms. The van der Waals surface area contributed by atoms with Crippen molar-refractivity contribution in [1.29, 1.82) is 0 Å². The summed E-state index contributed by atoms with van der Waals surface area (Å²) in [5.74, 6) is 0.574. The van der Waals surface area contributed by atoms with Crippen LogP contribution in [-0.2, 0) is 0 Å². The van der Waals surface area contributed by atoms with Gasteiger partial charge in [-0.1, -0.05) is 103 Å². The second kappa shape index (κ2) is 13.5. The molecule has 0 fully saturated rings. The highest BCUT2D eigenvalue weighted by Gasteiger charge is 2.25. The first kappa shape index (κ1) is 33.5. The van der Waals surface area contributed by atoms with Gasteiger partial charge in [0.2, 0.25) is 5.89 Å². The summed E-state index contributed by atoms with van der Waals surface area (Å²) in [5.41, 5.74) is 10.3. The standard InChI is InChI=1S/C53H33N3O2S/c1-4-15-34(16-5-1)53-54-50-46(56(37-19-8-3-9-20-37)39-28-30-48-44(33-39)41-21-10-12-25-47(41)57-48)32-35-31-38(27-29-40(35)51(50)58-53)55(36-17-6-2-7-18-36)45-24-14-23-43-42-22-11-13-26-49(42)59-52(43)45/h1-33H. The molecule has 278 valence electrons. The third-order valence-electron chi connectivity index (χ3n) is 11.2. The minimum atomic E-state index is 0.574. The van der Waals surface area contributed by atoms with Gasteiger partial charge in [-0.05, 0) is 102 Å². The maximum atomic E-state index is 6.84. The molecular weight excluding hydrogens is 743 g/mol. The van der Waals surface area contributed by atoms with E-state index in [0.29, 0.717) is 5.89 Å². The molecule has 0 unspecified atom stereocenters. The fourth-order valence-corrected chi connectivity index (χ4v) is 9.76. The van der Waals surface area contributed by atoms with Crippen molar-refractivity contribution >= 4 is 109 Å². The van der Waals surface area contributed by atoms with Crippen molar-refractivity contribution in [3.63, 3.8) is 0 Å². The van der Waals surface area contributed by atoms with Crippen LogP contribution in [0.5, 0.6) is 0 Å². The molecule has 0 saturated heterocycles. The lowest BCUT2D eigenvalue weighted by atomic mass is 10.0. The molecule has 0 N–H and O–H groups in total. The minimum Gasteiger partial charge on any atom is -0.456 e. The fourth-order valence-electron chi connectivity index (χ4n) is 8.55. The van der Waals surface area contributed by atoms with Crippen LogP contribution in [0.15, 0.2) is 209 Å². The number of benzene rings is 9. The van der Waals surface area contributed by atoms with E-state index in [1.165, 1.54) is 20.2 Å². The molecule has 6 heteroatoms. The van der Waals surface area contributed by atoms with Crippen LogP contribution in [0.3, 0.4) is 0 Å². The Hall–Kier alpha value is -7.67. The Labute approximate surface area is 343 Å². The van der Waals surface area contributed by atoms with E-state index in [0.717, 1.165) is 83.5 Å². The number of oxazole rings is 1. The first-order chi connectivity index (χ1) is 29.2. The SMILES string of the molecule is c1ccc(-c2nc3c(N(c4ccccc4)c4ccc5oc6ccccc6c5c4)cc4cc(N(c5ccccc5)c5cccc6c5sc5ccccc56)ccc4c3o2)cc1. The number of thiophene rings is 1. The van der Waals surface area contributed by atoms with Gasteiger partial charge >= 0.3 is 0 Å². The summed E-state index contributed by atoms with van der Waals surface area (Å²) in [7, 11) is 0. The third kappa shape index (κ3) is 5.49. The van der Waals surface area contributed by atoms with Crippen LogP contribution in [0.1, 0.15) is 0 Å². The van der Waals surface area contributed by atoms with E-state index >= 15 is 0 Å². The average molecular weight is 776 g/mol. The van der Waals surface area contributed by atoms with Crippen LogP contribution >= 0.6 is 11.3 Å². The van der Waals surface area contributed by atoms with Gasteiger partial charge in [0.1, 0.15) is 16.7 Å². The molecule has 0 aliphatic carbocycles. The van der Waals surface area contributed by atoms with Gasteiger partial charge in [-0.25, -0.2) is 4.98 Å². The number of nitrogens with zero attached hydrogens (tertiary/aromatic N) is 3. The van der Waals surface area contributed by atoms with E-state index in [9.17, 15) is 0 Å². The number of anilines is 6. The van der Waals surface area contributed by atoms with Crippen molar-refractivity contribution in [2.24, 2.45) is 0 Å². The van der Waals surface area contributed by atoms with Crippen molar-refractivity contribution in [2.45, 2.75) is 0 Å². The van der Waals surface area contributed by atoms with Gasteiger partial charge < -0.3 is 18.6 Å². The van der Waals surface area contributed by atoms with Crippen LogP contribution in [0.4, 0.5) is 34.1 Å². The molecule has 0 radical (unpaired) electrons. The van der Waals surface area contributed by atoms with E-state index in [-0.39, 0.29) is 0 Å². The normalized spacial score (nSPS) is 11.7. The van der Waals surface area contributed by atoms with Crippen LogP contribution in [0.2, 0.25) is 0 Å². The Balaban J connectivity index is 1.13. The van der Waals surface area contributed by atoms with E-state index in [4.69, 9.17) is 13.8 Å². The molecule has 3 heterocycles. The molecular formula is C53H33N3O2S. The number of aromatic nitrogens is 1. The van der Waals surface area contributed by atoms with Gasteiger partial charge in [0, 0.05) is 59.9 Å². The summed E-state index contributed by atoms with van der Waals surface area (Å²) < 4.78 is 15.6. The molecule has 0 atom stereocenters. The maximum absolute atomic E-state index is 6.84. The highest BCUT2D eigenvalue weighted by atomic mass is 32.1. The van der Waals surface area contributed by atoms with E-state index in [1.807, 2.05) is 53.8 Å². The highest BCUT2D eigenvalue weighted by molar-refractivity contribution is 7.26. The fraction of sp³-hybridized carbons (Fsp3) is 0. The maximum Gasteiger partial charge on any atom is 0.227 e. The van der Waals surface area contributed by atoms with Crippen LogP contribution in [-0.4, -0.2) is 4.98 Å². The lowest BCUT2D eigenvalue weighted by molar-refractivity contribution is 0.623. The summed E-state index contributed by atoms with van der Waals surface area (Å²) in [6.07, 6.45) is 0. The predicted molar refractivity (Wildman–Crippen MR) is 246 cm³/mol. The minimum absolute atomic E-state index is 0.574. The molecule has 9 aromatic carbocycles. The Kier molecular flexibility index (Phi) is 7.64. The number of fused-ring (bicyclic) bond motifs is 9. The van der Waals surface area contributed by atoms with E-state index in [2.05, 4.69) is 168 Å². The molecule has 0 aliphatic rings. The first-order valence-corrected chi connectivity index (χ1v) is 20.5. The summed E-state index contributed by atoms with van der Waals surface area (Å²) in [6.45, 7) is 0. The number of hydrogen-bond donors (Lipinski definition) is 0. The number of hydrogen-bond acceptors (Lipinski definition) is 6. The average Bonchev–Trinajstić information content (AvgIpc) is 4.02. The van der Waals surface area contributed by atoms with E-state index < -0.39 is 0 Å². The summed E-state index contributed by atoms with van der Waals surface area (Å²) >= 11 is 1.84. The Morgan fingerprint density at radius 1 is 0.407 bits per heavy atom. The zero-order valence-electron chi connectivity index (χ0n) is 31.6. The van der Waals surface area contributed by atoms with Gasteiger partial charge in [0.25, 0.3) is 0 Å². The summed E-state index contributed by atoms with van der Waals surface area (Å²) in [4.78, 5) is 9.95. The van der Waals surface area contributed by atoms with Gasteiger partial charge in [-0.3, -0.25) is 0 Å². The molecule has 59 heavy (non-hydrogen) atoms. The second-order valence-corrected chi connectivity index (χ2v) is 15.8. The van der Waals surface area contributed by atoms with Crippen molar-refractivity contribution in [1.82, 2.24) is 4.98 Å². The zero-order valence-corrected chi connectivity index (χ0v) is 32.4. The van der Waals surface area contributed by atoms with Crippen molar-refractivity contribution in [3.8, 4) is 11.5 Å². The molecule has 5 nitrogen and oxygen atoms in total. The molecule has 0 spiro atoms. The molecule has 0 saturated carbocycles. The predicted octanol–water partition coefficient (Wildman–Crippen LogP) is 15.9. The smallest absolute Gasteiger partial charge is 0.227 e. The van der Waals surface area contributed by atoms with Crippen LogP contribution in [0.25, 0.3) is 75.4 Å². The van der Waals surface area contributed by atoms with Crippen molar-refractivity contribution in [3.05, 3.63) is 200 Å². The number of para-hydroxylation sites is 3. The van der Waals surface area contributed by atoms with Gasteiger partial charge in [0.15, 0.2) is 5.58 Å². The molecule has 12 rings (SSSR count). The lowest BCUT2D eigenvalue weighted by Gasteiger charge is -2.27. The van der Waals surface area contributed by atoms with Crippen LogP contribution < -0.4 is 9.80 Å². The molecule has 0 aliphatic heterocycles. The molecule has 12 aromatic rings.